The van der Waals surface area contributed by atoms with Gasteiger partial charge < -0.3 is 10.1 Å². The van der Waals surface area contributed by atoms with Gasteiger partial charge in [0.1, 0.15) is 0 Å². The van der Waals surface area contributed by atoms with Crippen molar-refractivity contribution in [1.29, 1.82) is 0 Å². The zero-order valence-electron chi connectivity index (χ0n) is 14.2. The quantitative estimate of drug-likeness (QED) is 0.352. The van der Waals surface area contributed by atoms with E-state index in [1.807, 2.05) is 5.32 Å². The summed E-state index contributed by atoms with van der Waals surface area (Å²) in [6, 6.07) is 3.16. The van der Waals surface area contributed by atoms with Crippen molar-refractivity contribution in [1.82, 2.24) is 10.6 Å². The van der Waals surface area contributed by atoms with Gasteiger partial charge in [-0.2, -0.15) is 0 Å². The van der Waals surface area contributed by atoms with E-state index in [0.717, 1.165) is 6.07 Å². The molecule has 25 heavy (non-hydrogen) atoms. The average molecular weight is 369 g/mol. The van der Waals surface area contributed by atoms with Crippen LogP contribution in [0.25, 0.3) is 0 Å². The molecule has 0 atom stereocenters. The second kappa shape index (κ2) is 8.47. The molecule has 9 nitrogen and oxygen atoms in total. The van der Waals surface area contributed by atoms with Crippen LogP contribution >= 0.6 is 11.8 Å². The van der Waals surface area contributed by atoms with Gasteiger partial charge in [-0.25, -0.2) is 9.59 Å². The molecule has 1 aromatic rings. The van der Waals surface area contributed by atoms with Crippen LogP contribution in [0.15, 0.2) is 23.1 Å². The van der Waals surface area contributed by atoms with Gasteiger partial charge in [0.25, 0.3) is 11.6 Å². The Morgan fingerprint density at radius 3 is 2.44 bits per heavy atom. The van der Waals surface area contributed by atoms with Gasteiger partial charge in [-0.05, 0) is 39.2 Å². The maximum Gasteiger partial charge on any atom is 0.338 e. The van der Waals surface area contributed by atoms with E-state index in [4.69, 9.17) is 4.74 Å². The Morgan fingerprint density at radius 2 is 1.92 bits per heavy atom. The first-order valence-corrected chi connectivity index (χ1v) is 8.37. The molecule has 0 fully saturated rings. The molecular formula is C15H19N3O6S. The molecule has 0 saturated carbocycles. The van der Waals surface area contributed by atoms with E-state index in [0.29, 0.717) is 4.90 Å². The van der Waals surface area contributed by atoms with Crippen LogP contribution in [0.1, 0.15) is 31.1 Å². The van der Waals surface area contributed by atoms with Gasteiger partial charge in [0.15, 0.2) is 6.61 Å². The molecule has 0 radical (unpaired) electrons. The van der Waals surface area contributed by atoms with Gasteiger partial charge in [-0.15, -0.1) is 11.8 Å². The van der Waals surface area contributed by atoms with Crippen molar-refractivity contribution in [2.45, 2.75) is 31.2 Å². The monoisotopic (exact) mass is 369 g/mol. The van der Waals surface area contributed by atoms with Crippen LogP contribution < -0.4 is 10.6 Å². The van der Waals surface area contributed by atoms with Crippen molar-refractivity contribution in [3.63, 3.8) is 0 Å². The maximum atomic E-state index is 11.9. The lowest BCUT2D eigenvalue weighted by molar-refractivity contribution is -0.387. The molecule has 0 spiro atoms. The molecule has 136 valence electrons. The predicted molar refractivity (Wildman–Crippen MR) is 91.6 cm³/mol. The number of hydrogen-bond acceptors (Lipinski definition) is 7. The fourth-order valence-corrected chi connectivity index (χ4v) is 2.26. The molecule has 1 aromatic carbocycles. The fraction of sp³-hybridized carbons (Fsp3) is 0.400. The van der Waals surface area contributed by atoms with Gasteiger partial charge in [0.2, 0.25) is 0 Å². The Labute approximate surface area is 148 Å². The van der Waals surface area contributed by atoms with Crippen LogP contribution in [0.2, 0.25) is 0 Å². The minimum atomic E-state index is -0.901. The zero-order valence-corrected chi connectivity index (χ0v) is 15.1. The molecule has 3 amide bonds. The SMILES string of the molecule is CSc1ccc(C(=O)OCC(=O)NC(=O)NC(C)(C)C)cc1[N+](=O)[O-]. The van der Waals surface area contributed by atoms with E-state index in [2.05, 4.69) is 5.32 Å². The van der Waals surface area contributed by atoms with Gasteiger partial charge in [0, 0.05) is 11.6 Å². The van der Waals surface area contributed by atoms with E-state index >= 15 is 0 Å². The number of benzene rings is 1. The number of esters is 1. The van der Waals surface area contributed by atoms with Crippen molar-refractivity contribution in [3.8, 4) is 0 Å². The fourth-order valence-electron chi connectivity index (χ4n) is 1.71. The Kier molecular flexibility index (Phi) is 6.92. The lowest BCUT2D eigenvalue weighted by atomic mass is 10.1. The molecule has 2 N–H and O–H groups in total. The summed E-state index contributed by atoms with van der Waals surface area (Å²) in [4.78, 5) is 45.8. The summed E-state index contributed by atoms with van der Waals surface area (Å²) in [6.07, 6.45) is 1.67. The smallest absolute Gasteiger partial charge is 0.338 e. The number of urea groups is 1. The molecule has 0 heterocycles. The number of imide groups is 1. The van der Waals surface area contributed by atoms with Gasteiger partial charge >= 0.3 is 12.0 Å². The predicted octanol–water partition coefficient (Wildman–Crippen LogP) is 2.10. The lowest BCUT2D eigenvalue weighted by Crippen LogP contribution is -2.49. The molecule has 0 aliphatic rings. The number of nitro benzene ring substituents is 1. The average Bonchev–Trinajstić information content (AvgIpc) is 2.49. The standard InChI is InChI=1S/C15H19N3O6S/c1-15(2,3)17-14(21)16-12(19)8-24-13(20)9-5-6-11(25-4)10(7-9)18(22)23/h5-7H,8H2,1-4H3,(H2,16,17,19,21). The van der Waals surface area contributed by atoms with Crippen LogP contribution in [-0.2, 0) is 9.53 Å². The zero-order chi connectivity index (χ0) is 19.2. The first-order valence-electron chi connectivity index (χ1n) is 7.15. The van der Waals surface area contributed by atoms with Crippen molar-refractivity contribution in [3.05, 3.63) is 33.9 Å². The van der Waals surface area contributed by atoms with E-state index in [1.165, 1.54) is 23.9 Å². The van der Waals surface area contributed by atoms with Crippen molar-refractivity contribution < 1.29 is 24.0 Å². The second-order valence-electron chi connectivity index (χ2n) is 5.97. The highest BCUT2D eigenvalue weighted by molar-refractivity contribution is 7.98. The highest BCUT2D eigenvalue weighted by atomic mass is 32.2. The number of nitrogens with zero attached hydrogens (tertiary/aromatic N) is 1. The number of amides is 3. The Morgan fingerprint density at radius 1 is 1.28 bits per heavy atom. The summed E-state index contributed by atoms with van der Waals surface area (Å²) in [6.45, 7) is 4.53. The number of carbonyl (C=O) groups is 3. The summed E-state index contributed by atoms with van der Waals surface area (Å²) in [5.41, 5.74) is -0.814. The van der Waals surface area contributed by atoms with Crippen molar-refractivity contribution >= 4 is 35.4 Å². The number of thioether (sulfide) groups is 1. The number of hydrogen-bond donors (Lipinski definition) is 2. The largest absolute Gasteiger partial charge is 0.452 e. The first-order chi connectivity index (χ1) is 11.5. The topological polar surface area (TPSA) is 128 Å². The van der Waals surface area contributed by atoms with Gasteiger partial charge in [-0.3, -0.25) is 20.2 Å². The van der Waals surface area contributed by atoms with Crippen LogP contribution in [0, 0.1) is 10.1 Å². The van der Waals surface area contributed by atoms with E-state index in [-0.39, 0.29) is 11.3 Å². The van der Waals surface area contributed by atoms with Gasteiger partial charge in [0.05, 0.1) is 15.4 Å². The highest BCUT2D eigenvalue weighted by Crippen LogP contribution is 2.28. The molecule has 0 aliphatic carbocycles. The van der Waals surface area contributed by atoms with Crippen molar-refractivity contribution in [2.24, 2.45) is 0 Å². The first kappa shape index (κ1) is 20.4. The van der Waals surface area contributed by atoms with Gasteiger partial charge in [-0.1, -0.05) is 0 Å². The number of carbonyl (C=O) groups excluding carboxylic acids is 3. The minimum Gasteiger partial charge on any atom is -0.452 e. The van der Waals surface area contributed by atoms with Crippen LogP contribution in [0.5, 0.6) is 0 Å². The third kappa shape index (κ3) is 6.79. The second-order valence-corrected chi connectivity index (χ2v) is 6.82. The third-order valence-corrected chi connectivity index (χ3v) is 3.47. The highest BCUT2D eigenvalue weighted by Gasteiger charge is 2.20. The molecule has 0 aromatic heterocycles. The summed E-state index contributed by atoms with van der Waals surface area (Å²) in [5, 5.41) is 15.5. The molecule has 1 rings (SSSR count). The molecule has 10 heteroatoms. The molecule has 0 bridgehead atoms. The summed E-state index contributed by atoms with van der Waals surface area (Å²) in [7, 11) is 0. The number of rotatable bonds is 5. The summed E-state index contributed by atoms with van der Waals surface area (Å²) >= 11 is 1.17. The van der Waals surface area contributed by atoms with Crippen LogP contribution in [0.3, 0.4) is 0 Å². The molecule has 0 aliphatic heterocycles. The van der Waals surface area contributed by atoms with Crippen molar-refractivity contribution in [2.75, 3.05) is 12.9 Å². The summed E-state index contributed by atoms with van der Waals surface area (Å²) < 4.78 is 4.77. The van der Waals surface area contributed by atoms with Crippen LogP contribution in [-0.4, -0.2) is 41.2 Å². The van der Waals surface area contributed by atoms with E-state index in [1.54, 1.807) is 27.0 Å². The molecule has 0 saturated heterocycles. The maximum absolute atomic E-state index is 11.9. The molecule has 0 unspecified atom stereocenters. The van der Waals surface area contributed by atoms with E-state index in [9.17, 15) is 24.5 Å². The van der Waals surface area contributed by atoms with Crippen LogP contribution in [0.4, 0.5) is 10.5 Å². The Balaban J connectivity index is 2.65. The number of nitrogens with one attached hydrogen (secondary N) is 2. The summed E-state index contributed by atoms with van der Waals surface area (Å²) in [5.74, 6) is -1.72. The number of ether oxygens (including phenoxy) is 1. The Bertz CT molecular complexity index is 699. The Hall–Kier alpha value is -2.62. The third-order valence-electron chi connectivity index (χ3n) is 2.69. The molecular weight excluding hydrogens is 350 g/mol. The minimum absolute atomic E-state index is 0.0588. The van der Waals surface area contributed by atoms with E-state index < -0.39 is 35.0 Å². The lowest BCUT2D eigenvalue weighted by Gasteiger charge is -2.20. The number of nitro groups is 1. The normalized spacial score (nSPS) is 10.7.